The van der Waals surface area contributed by atoms with Crippen molar-refractivity contribution in [3.05, 3.63) is 59.2 Å². The third kappa shape index (κ3) is 4.28. The highest BCUT2D eigenvalue weighted by atomic mass is 19.1. The SMILES string of the molecule is COc1ccc(C)cc1C(=O)OCC(=O)Nc1ccc(F)cc1F. The molecule has 0 saturated heterocycles. The van der Waals surface area contributed by atoms with Crippen LogP contribution in [0.1, 0.15) is 15.9 Å². The number of halogens is 2. The predicted octanol–water partition coefficient (Wildman–Crippen LogP) is 3.08. The standard InChI is InChI=1S/C17H15F2NO4/c1-10-3-6-15(23-2)12(7-10)17(22)24-9-16(21)20-14-5-4-11(18)8-13(14)19/h3-8H,9H2,1-2H3,(H,20,21). The lowest BCUT2D eigenvalue weighted by Gasteiger charge is -2.10. The van der Waals surface area contributed by atoms with Gasteiger partial charge >= 0.3 is 5.97 Å². The minimum absolute atomic E-state index is 0.179. The van der Waals surface area contributed by atoms with E-state index in [-0.39, 0.29) is 11.3 Å². The fourth-order valence-electron chi connectivity index (χ4n) is 1.97. The van der Waals surface area contributed by atoms with Crippen LogP contribution in [0.2, 0.25) is 0 Å². The first-order valence-corrected chi connectivity index (χ1v) is 6.97. The molecule has 0 bridgehead atoms. The maximum atomic E-state index is 13.4. The van der Waals surface area contributed by atoms with E-state index in [0.29, 0.717) is 11.8 Å². The lowest BCUT2D eigenvalue weighted by atomic mass is 10.1. The minimum Gasteiger partial charge on any atom is -0.496 e. The maximum absolute atomic E-state index is 13.4. The summed E-state index contributed by atoms with van der Waals surface area (Å²) in [6, 6.07) is 7.66. The number of nitrogens with one attached hydrogen (secondary N) is 1. The summed E-state index contributed by atoms with van der Waals surface area (Å²) >= 11 is 0. The Morgan fingerprint density at radius 3 is 2.54 bits per heavy atom. The normalized spacial score (nSPS) is 10.2. The molecule has 0 aliphatic heterocycles. The number of benzene rings is 2. The molecule has 0 spiro atoms. The van der Waals surface area contributed by atoms with Crippen LogP contribution in [-0.4, -0.2) is 25.6 Å². The molecule has 0 heterocycles. The van der Waals surface area contributed by atoms with Gasteiger partial charge in [0.25, 0.3) is 5.91 Å². The van der Waals surface area contributed by atoms with Gasteiger partial charge in [-0.3, -0.25) is 4.79 Å². The molecule has 0 aromatic heterocycles. The van der Waals surface area contributed by atoms with E-state index in [1.807, 2.05) is 0 Å². The van der Waals surface area contributed by atoms with Crippen molar-refractivity contribution in [1.82, 2.24) is 0 Å². The first-order valence-electron chi connectivity index (χ1n) is 6.97. The Hall–Kier alpha value is -2.96. The number of amides is 1. The van der Waals surface area contributed by atoms with Crippen molar-refractivity contribution in [2.45, 2.75) is 6.92 Å². The molecule has 2 aromatic rings. The van der Waals surface area contributed by atoms with Gasteiger partial charge in [-0.05, 0) is 31.2 Å². The van der Waals surface area contributed by atoms with Gasteiger partial charge in [0.05, 0.1) is 12.8 Å². The van der Waals surface area contributed by atoms with Gasteiger partial charge in [0.1, 0.15) is 22.9 Å². The Balaban J connectivity index is 1.99. The van der Waals surface area contributed by atoms with Crippen molar-refractivity contribution in [2.24, 2.45) is 0 Å². The van der Waals surface area contributed by atoms with Crippen LogP contribution in [0.3, 0.4) is 0 Å². The molecule has 0 unspecified atom stereocenters. The Labute approximate surface area is 137 Å². The number of carbonyl (C=O) groups excluding carboxylic acids is 2. The molecular weight excluding hydrogens is 320 g/mol. The molecule has 0 saturated carbocycles. The van der Waals surface area contributed by atoms with Crippen molar-refractivity contribution in [2.75, 3.05) is 19.0 Å². The molecule has 2 rings (SSSR count). The highest BCUT2D eigenvalue weighted by molar-refractivity contribution is 5.97. The van der Waals surface area contributed by atoms with Crippen LogP contribution in [-0.2, 0) is 9.53 Å². The van der Waals surface area contributed by atoms with E-state index in [2.05, 4.69) is 5.32 Å². The summed E-state index contributed by atoms with van der Waals surface area (Å²) in [6.07, 6.45) is 0. The van der Waals surface area contributed by atoms with Crippen LogP contribution in [0.4, 0.5) is 14.5 Å². The van der Waals surface area contributed by atoms with E-state index in [4.69, 9.17) is 9.47 Å². The summed E-state index contributed by atoms with van der Waals surface area (Å²) in [6.45, 7) is 1.17. The number of hydrogen-bond donors (Lipinski definition) is 1. The second kappa shape index (κ2) is 7.54. The molecule has 126 valence electrons. The second-order valence-electron chi connectivity index (χ2n) is 4.95. The number of anilines is 1. The molecule has 0 aliphatic carbocycles. The van der Waals surface area contributed by atoms with E-state index in [9.17, 15) is 18.4 Å². The highest BCUT2D eigenvalue weighted by Gasteiger charge is 2.16. The van der Waals surface area contributed by atoms with Gasteiger partial charge in [0.2, 0.25) is 0 Å². The quantitative estimate of drug-likeness (QED) is 0.853. The summed E-state index contributed by atoms with van der Waals surface area (Å²) in [5, 5.41) is 2.20. The minimum atomic E-state index is -0.921. The van der Waals surface area contributed by atoms with Crippen LogP contribution in [0.15, 0.2) is 36.4 Å². The molecule has 5 nitrogen and oxygen atoms in total. The largest absolute Gasteiger partial charge is 0.496 e. The summed E-state index contributed by atoms with van der Waals surface area (Å²) < 4.78 is 36.2. The Bertz CT molecular complexity index is 777. The molecule has 24 heavy (non-hydrogen) atoms. The molecular formula is C17H15F2NO4. The van der Waals surface area contributed by atoms with Gasteiger partial charge in [-0.1, -0.05) is 11.6 Å². The van der Waals surface area contributed by atoms with Crippen LogP contribution in [0.5, 0.6) is 5.75 Å². The number of carbonyl (C=O) groups is 2. The zero-order chi connectivity index (χ0) is 17.7. The fraction of sp³-hybridized carbons (Fsp3) is 0.176. The lowest BCUT2D eigenvalue weighted by molar-refractivity contribution is -0.119. The lowest BCUT2D eigenvalue weighted by Crippen LogP contribution is -2.21. The summed E-state index contributed by atoms with van der Waals surface area (Å²) in [7, 11) is 1.41. The van der Waals surface area contributed by atoms with Gasteiger partial charge in [0.15, 0.2) is 6.61 Å². The summed E-state index contributed by atoms with van der Waals surface area (Å²) in [5.41, 5.74) is 0.796. The number of rotatable bonds is 5. The monoisotopic (exact) mass is 335 g/mol. The van der Waals surface area contributed by atoms with Crippen molar-refractivity contribution in [1.29, 1.82) is 0 Å². The van der Waals surface area contributed by atoms with E-state index in [0.717, 1.165) is 17.7 Å². The highest BCUT2D eigenvalue weighted by Crippen LogP contribution is 2.20. The van der Waals surface area contributed by atoms with Crippen molar-refractivity contribution in [3.8, 4) is 5.75 Å². The topological polar surface area (TPSA) is 64.6 Å². The third-order valence-corrected chi connectivity index (χ3v) is 3.11. The number of esters is 1. The second-order valence-corrected chi connectivity index (χ2v) is 4.95. The number of ether oxygens (including phenoxy) is 2. The molecule has 1 amide bonds. The molecule has 0 atom stereocenters. The zero-order valence-corrected chi connectivity index (χ0v) is 13.1. The van der Waals surface area contributed by atoms with E-state index in [1.165, 1.54) is 7.11 Å². The van der Waals surface area contributed by atoms with E-state index < -0.39 is 30.1 Å². The van der Waals surface area contributed by atoms with E-state index >= 15 is 0 Å². The van der Waals surface area contributed by atoms with E-state index in [1.54, 1.807) is 25.1 Å². The van der Waals surface area contributed by atoms with Crippen molar-refractivity contribution >= 4 is 17.6 Å². The van der Waals surface area contributed by atoms with Gasteiger partial charge in [-0.15, -0.1) is 0 Å². The Morgan fingerprint density at radius 1 is 1.12 bits per heavy atom. The third-order valence-electron chi connectivity index (χ3n) is 3.11. The van der Waals surface area contributed by atoms with Gasteiger partial charge in [-0.25, -0.2) is 13.6 Å². The van der Waals surface area contributed by atoms with Crippen molar-refractivity contribution in [3.63, 3.8) is 0 Å². The van der Waals surface area contributed by atoms with Crippen LogP contribution >= 0.6 is 0 Å². The molecule has 7 heteroatoms. The first-order chi connectivity index (χ1) is 11.4. The van der Waals surface area contributed by atoms with Crippen LogP contribution in [0.25, 0.3) is 0 Å². The molecule has 2 aromatic carbocycles. The number of methoxy groups -OCH3 is 1. The van der Waals surface area contributed by atoms with Gasteiger partial charge in [-0.2, -0.15) is 0 Å². The van der Waals surface area contributed by atoms with Crippen LogP contribution < -0.4 is 10.1 Å². The summed E-state index contributed by atoms with van der Waals surface area (Å²) in [5.74, 6) is -2.86. The Kier molecular flexibility index (Phi) is 5.47. The zero-order valence-electron chi connectivity index (χ0n) is 13.1. The van der Waals surface area contributed by atoms with Gasteiger partial charge in [0, 0.05) is 6.07 Å². The molecule has 0 fully saturated rings. The Morgan fingerprint density at radius 2 is 1.88 bits per heavy atom. The average molecular weight is 335 g/mol. The van der Waals surface area contributed by atoms with Crippen LogP contribution in [0, 0.1) is 18.6 Å². The molecule has 0 aliphatic rings. The average Bonchev–Trinajstić information content (AvgIpc) is 2.55. The molecule has 0 radical (unpaired) electrons. The fourth-order valence-corrected chi connectivity index (χ4v) is 1.97. The number of aryl methyl sites for hydroxylation is 1. The summed E-state index contributed by atoms with van der Waals surface area (Å²) in [4.78, 5) is 23.8. The number of hydrogen-bond acceptors (Lipinski definition) is 4. The molecule has 1 N–H and O–H groups in total. The van der Waals surface area contributed by atoms with Crippen molar-refractivity contribution < 1.29 is 27.8 Å². The maximum Gasteiger partial charge on any atom is 0.342 e. The first kappa shape index (κ1) is 17.4. The predicted molar refractivity (Wildman–Crippen MR) is 83.0 cm³/mol. The smallest absolute Gasteiger partial charge is 0.342 e. The van der Waals surface area contributed by atoms with Gasteiger partial charge < -0.3 is 14.8 Å².